The number of para-hydroxylation sites is 1. The molecular formula is C19H18N2O2. The minimum absolute atomic E-state index is 0.145. The number of amides is 2. The molecule has 0 spiro atoms. The highest BCUT2D eigenvalue weighted by Crippen LogP contribution is 2.22. The molecule has 0 aromatic heterocycles. The van der Waals surface area contributed by atoms with E-state index in [1.807, 2.05) is 42.5 Å². The number of hydrogen-bond acceptors (Lipinski definition) is 2. The van der Waals surface area contributed by atoms with E-state index in [9.17, 15) is 9.59 Å². The smallest absolute Gasteiger partial charge is 0.267 e. The van der Waals surface area contributed by atoms with Crippen LogP contribution in [0.2, 0.25) is 0 Å². The van der Waals surface area contributed by atoms with Crippen LogP contribution < -0.4 is 10.4 Å². The molecule has 2 aromatic carbocycles. The van der Waals surface area contributed by atoms with Gasteiger partial charge in [0.05, 0.1) is 5.69 Å². The summed E-state index contributed by atoms with van der Waals surface area (Å²) in [4.78, 5) is 24.6. The molecular weight excluding hydrogens is 288 g/mol. The molecule has 0 atom stereocenters. The molecule has 23 heavy (non-hydrogen) atoms. The van der Waals surface area contributed by atoms with E-state index < -0.39 is 0 Å². The maximum Gasteiger partial charge on any atom is 0.282 e. The van der Waals surface area contributed by atoms with Crippen LogP contribution in [0.3, 0.4) is 0 Å². The average Bonchev–Trinajstić information content (AvgIpc) is 2.84. The Bertz CT molecular complexity index is 762. The third-order valence-electron chi connectivity index (χ3n) is 3.82. The first-order valence-corrected chi connectivity index (χ1v) is 7.58. The Kier molecular flexibility index (Phi) is 3.98. The van der Waals surface area contributed by atoms with Gasteiger partial charge in [-0.25, -0.2) is 5.01 Å². The number of carbonyl (C=O) groups excluding carboxylic acids is 2. The molecule has 0 radical (unpaired) electrons. The van der Waals surface area contributed by atoms with E-state index in [-0.39, 0.29) is 17.4 Å². The summed E-state index contributed by atoms with van der Waals surface area (Å²) in [6.07, 6.45) is 1.63. The molecule has 1 aliphatic rings. The normalized spacial score (nSPS) is 16.3. The Balaban J connectivity index is 1.88. The van der Waals surface area contributed by atoms with Crippen molar-refractivity contribution in [3.8, 4) is 0 Å². The van der Waals surface area contributed by atoms with Crippen molar-refractivity contribution in [2.24, 2.45) is 0 Å². The van der Waals surface area contributed by atoms with Crippen LogP contribution in [0.15, 0.2) is 60.2 Å². The van der Waals surface area contributed by atoms with Crippen LogP contribution in [0.1, 0.15) is 30.9 Å². The van der Waals surface area contributed by atoms with Gasteiger partial charge in [-0.15, -0.1) is 0 Å². The summed E-state index contributed by atoms with van der Waals surface area (Å²) in [7, 11) is 0. The minimum Gasteiger partial charge on any atom is -0.267 e. The van der Waals surface area contributed by atoms with Gasteiger partial charge in [0.2, 0.25) is 0 Å². The number of hydrazine groups is 1. The van der Waals surface area contributed by atoms with Crippen molar-refractivity contribution in [1.82, 2.24) is 5.43 Å². The molecule has 0 saturated carbocycles. The molecule has 0 aliphatic carbocycles. The van der Waals surface area contributed by atoms with Gasteiger partial charge in [0.1, 0.15) is 5.57 Å². The molecule has 0 bridgehead atoms. The van der Waals surface area contributed by atoms with E-state index in [4.69, 9.17) is 0 Å². The fourth-order valence-electron chi connectivity index (χ4n) is 2.46. The Morgan fingerprint density at radius 2 is 1.61 bits per heavy atom. The van der Waals surface area contributed by atoms with E-state index in [0.717, 1.165) is 5.56 Å². The molecule has 1 saturated heterocycles. The quantitative estimate of drug-likeness (QED) is 0.699. The molecule has 1 heterocycles. The van der Waals surface area contributed by atoms with Crippen LogP contribution in [-0.2, 0) is 9.59 Å². The van der Waals surface area contributed by atoms with Crippen molar-refractivity contribution in [2.45, 2.75) is 19.8 Å². The van der Waals surface area contributed by atoms with Crippen molar-refractivity contribution in [1.29, 1.82) is 0 Å². The molecule has 2 aromatic rings. The van der Waals surface area contributed by atoms with Crippen LogP contribution in [-0.4, -0.2) is 11.8 Å². The second-order valence-corrected chi connectivity index (χ2v) is 5.80. The van der Waals surface area contributed by atoms with Crippen molar-refractivity contribution < 1.29 is 9.59 Å². The van der Waals surface area contributed by atoms with Crippen LogP contribution in [0.5, 0.6) is 0 Å². The third kappa shape index (κ3) is 3.01. The summed E-state index contributed by atoms with van der Waals surface area (Å²) in [6.45, 7) is 4.25. The Labute approximate surface area is 135 Å². The van der Waals surface area contributed by atoms with Gasteiger partial charge in [0, 0.05) is 0 Å². The zero-order valence-corrected chi connectivity index (χ0v) is 13.1. The molecule has 1 aliphatic heterocycles. The van der Waals surface area contributed by atoms with E-state index >= 15 is 0 Å². The van der Waals surface area contributed by atoms with E-state index in [0.29, 0.717) is 11.6 Å². The predicted molar refractivity (Wildman–Crippen MR) is 90.6 cm³/mol. The Morgan fingerprint density at radius 1 is 0.957 bits per heavy atom. The zero-order valence-electron chi connectivity index (χ0n) is 13.1. The number of hydrogen-bond donors (Lipinski definition) is 1. The lowest BCUT2D eigenvalue weighted by molar-refractivity contribution is -0.117. The SMILES string of the molecule is CC(C)c1ccc(C=C2C(=O)NN(c3ccccc3)C2=O)cc1. The lowest BCUT2D eigenvalue weighted by Gasteiger charge is -2.13. The number of rotatable bonds is 3. The van der Waals surface area contributed by atoms with Gasteiger partial charge in [0.15, 0.2) is 0 Å². The zero-order chi connectivity index (χ0) is 16.4. The second-order valence-electron chi connectivity index (χ2n) is 5.80. The molecule has 2 amide bonds. The standard InChI is InChI=1S/C19H18N2O2/c1-13(2)15-10-8-14(9-11-15)12-17-18(22)20-21(19(17)23)16-6-4-3-5-7-16/h3-13H,1-2H3,(H,20,22). The van der Waals surface area contributed by atoms with Gasteiger partial charge < -0.3 is 0 Å². The number of carbonyl (C=O) groups is 2. The summed E-state index contributed by atoms with van der Waals surface area (Å²) < 4.78 is 0. The van der Waals surface area contributed by atoms with Crippen LogP contribution in [0.25, 0.3) is 6.08 Å². The first-order chi connectivity index (χ1) is 11.1. The van der Waals surface area contributed by atoms with Crippen LogP contribution in [0, 0.1) is 0 Å². The monoisotopic (exact) mass is 306 g/mol. The fourth-order valence-corrected chi connectivity index (χ4v) is 2.46. The summed E-state index contributed by atoms with van der Waals surface area (Å²) in [5.74, 6) is -0.275. The van der Waals surface area contributed by atoms with E-state index in [1.54, 1.807) is 18.2 Å². The number of nitrogens with zero attached hydrogens (tertiary/aromatic N) is 1. The first kappa shape index (κ1) is 15.0. The van der Waals surface area contributed by atoms with E-state index in [2.05, 4.69) is 19.3 Å². The number of nitrogens with one attached hydrogen (secondary N) is 1. The van der Waals surface area contributed by atoms with Crippen molar-refractivity contribution in [2.75, 3.05) is 5.01 Å². The van der Waals surface area contributed by atoms with Gasteiger partial charge in [-0.05, 0) is 35.3 Å². The minimum atomic E-state index is -0.383. The highest BCUT2D eigenvalue weighted by Gasteiger charge is 2.34. The van der Waals surface area contributed by atoms with Gasteiger partial charge >= 0.3 is 0 Å². The predicted octanol–water partition coefficient (Wildman–Crippen LogP) is 3.27. The lowest BCUT2D eigenvalue weighted by atomic mass is 10.0. The van der Waals surface area contributed by atoms with Gasteiger partial charge in [-0.2, -0.15) is 0 Å². The van der Waals surface area contributed by atoms with Gasteiger partial charge in [-0.1, -0.05) is 56.3 Å². The maximum atomic E-state index is 12.5. The molecule has 116 valence electrons. The van der Waals surface area contributed by atoms with Gasteiger partial charge in [-0.3, -0.25) is 15.0 Å². The number of benzene rings is 2. The van der Waals surface area contributed by atoms with Crippen molar-refractivity contribution in [3.05, 3.63) is 71.3 Å². The Morgan fingerprint density at radius 3 is 2.22 bits per heavy atom. The van der Waals surface area contributed by atoms with Crippen molar-refractivity contribution >= 4 is 23.6 Å². The average molecular weight is 306 g/mol. The third-order valence-corrected chi connectivity index (χ3v) is 3.82. The molecule has 0 unspecified atom stereocenters. The lowest BCUT2D eigenvalue weighted by Crippen LogP contribution is -2.35. The number of anilines is 1. The van der Waals surface area contributed by atoms with Crippen molar-refractivity contribution in [3.63, 3.8) is 0 Å². The highest BCUT2D eigenvalue weighted by atomic mass is 16.2. The topological polar surface area (TPSA) is 49.4 Å². The van der Waals surface area contributed by atoms with Crippen LogP contribution in [0.4, 0.5) is 5.69 Å². The summed E-state index contributed by atoms with van der Waals surface area (Å²) in [5, 5.41) is 1.27. The fraction of sp³-hybridized carbons (Fsp3) is 0.158. The second kappa shape index (κ2) is 6.08. The molecule has 4 nitrogen and oxygen atoms in total. The molecule has 1 N–H and O–H groups in total. The Hall–Kier alpha value is -2.88. The molecule has 1 fully saturated rings. The maximum absolute atomic E-state index is 12.5. The van der Waals surface area contributed by atoms with Gasteiger partial charge in [0.25, 0.3) is 11.8 Å². The van der Waals surface area contributed by atoms with Crippen LogP contribution >= 0.6 is 0 Å². The highest BCUT2D eigenvalue weighted by molar-refractivity contribution is 6.31. The summed E-state index contributed by atoms with van der Waals surface area (Å²) >= 11 is 0. The largest absolute Gasteiger partial charge is 0.282 e. The first-order valence-electron chi connectivity index (χ1n) is 7.58. The molecule has 4 heteroatoms. The summed E-state index contributed by atoms with van der Waals surface area (Å²) in [6, 6.07) is 16.9. The molecule has 3 rings (SSSR count). The van der Waals surface area contributed by atoms with E-state index in [1.165, 1.54) is 10.6 Å². The summed E-state index contributed by atoms with van der Waals surface area (Å²) in [5.41, 5.74) is 5.44.